The number of rotatable bonds is 5. The van der Waals surface area contributed by atoms with Gasteiger partial charge in [-0.3, -0.25) is 0 Å². The lowest BCUT2D eigenvalue weighted by Gasteiger charge is -2.34. The van der Waals surface area contributed by atoms with E-state index in [2.05, 4.69) is 22.3 Å². The Morgan fingerprint density at radius 1 is 1.04 bits per heavy atom. The molecule has 0 radical (unpaired) electrons. The number of hydrogen-bond acceptors (Lipinski definition) is 3. The zero-order chi connectivity index (χ0) is 18.4. The van der Waals surface area contributed by atoms with Crippen molar-refractivity contribution in [2.75, 3.05) is 45.7 Å². The van der Waals surface area contributed by atoms with Gasteiger partial charge in [-0.15, -0.1) is 0 Å². The summed E-state index contributed by atoms with van der Waals surface area (Å²) in [4.78, 5) is 3.82. The van der Waals surface area contributed by atoms with Gasteiger partial charge < -0.3 is 24.6 Å². The second-order valence-electron chi connectivity index (χ2n) is 6.42. The summed E-state index contributed by atoms with van der Waals surface area (Å²) in [6.07, 6.45) is 0. The Balaban J connectivity index is 1.48. The van der Waals surface area contributed by atoms with Gasteiger partial charge in [0.05, 0.1) is 40.4 Å². The summed E-state index contributed by atoms with van der Waals surface area (Å²) in [6, 6.07) is 16.2. The van der Waals surface area contributed by atoms with E-state index in [1.807, 2.05) is 36.4 Å². The number of anilines is 1. The molecule has 1 aliphatic heterocycles. The van der Waals surface area contributed by atoms with Crippen LogP contribution in [0.2, 0.25) is 0 Å². The fourth-order valence-corrected chi connectivity index (χ4v) is 3.44. The topological polar surface area (TPSA) is 38.2 Å². The number of piperazine rings is 1. The molecule has 3 rings (SSSR count). The minimum absolute atomic E-state index is 0.779. The fraction of sp³-hybridized carbons (Fsp3) is 0.350. The van der Waals surface area contributed by atoms with Crippen LogP contribution in [0.1, 0.15) is 5.56 Å². The van der Waals surface area contributed by atoms with Gasteiger partial charge in [-0.25, -0.2) is 0 Å². The molecule has 0 atom stereocenters. The van der Waals surface area contributed by atoms with Crippen molar-refractivity contribution >= 4 is 23.0 Å². The SMILES string of the molecule is COc1ccc(C[NH+]2CCN(C(=S)Nc3cccc(OC)c3)CC2)cc1. The van der Waals surface area contributed by atoms with Crippen molar-refractivity contribution in [2.45, 2.75) is 6.54 Å². The number of benzene rings is 2. The van der Waals surface area contributed by atoms with Crippen molar-refractivity contribution in [3.63, 3.8) is 0 Å². The van der Waals surface area contributed by atoms with Gasteiger partial charge in [0.2, 0.25) is 0 Å². The van der Waals surface area contributed by atoms with E-state index in [-0.39, 0.29) is 0 Å². The highest BCUT2D eigenvalue weighted by molar-refractivity contribution is 7.80. The first kappa shape index (κ1) is 18.5. The fourth-order valence-electron chi connectivity index (χ4n) is 3.14. The normalized spacial score (nSPS) is 14.8. The number of thiocarbonyl (C=S) groups is 1. The monoisotopic (exact) mass is 372 g/mol. The highest BCUT2D eigenvalue weighted by Crippen LogP contribution is 2.17. The number of nitrogens with zero attached hydrogens (tertiary/aromatic N) is 1. The summed E-state index contributed by atoms with van der Waals surface area (Å²) in [5, 5.41) is 4.10. The summed E-state index contributed by atoms with van der Waals surface area (Å²) in [7, 11) is 3.37. The van der Waals surface area contributed by atoms with E-state index in [4.69, 9.17) is 21.7 Å². The minimum atomic E-state index is 0.779. The van der Waals surface area contributed by atoms with E-state index < -0.39 is 0 Å². The Morgan fingerprint density at radius 3 is 2.38 bits per heavy atom. The summed E-state index contributed by atoms with van der Waals surface area (Å²) in [5.41, 5.74) is 2.30. The largest absolute Gasteiger partial charge is 0.497 e. The zero-order valence-electron chi connectivity index (χ0n) is 15.3. The molecule has 5 nitrogen and oxygen atoms in total. The van der Waals surface area contributed by atoms with Gasteiger partial charge in [-0.2, -0.15) is 0 Å². The highest BCUT2D eigenvalue weighted by Gasteiger charge is 2.22. The van der Waals surface area contributed by atoms with Gasteiger partial charge in [0, 0.05) is 17.3 Å². The lowest BCUT2D eigenvalue weighted by molar-refractivity contribution is -0.917. The maximum Gasteiger partial charge on any atom is 0.173 e. The first-order chi connectivity index (χ1) is 12.7. The second kappa shape index (κ2) is 8.87. The molecule has 0 amide bonds. The molecule has 0 unspecified atom stereocenters. The van der Waals surface area contributed by atoms with Gasteiger partial charge in [0.25, 0.3) is 0 Å². The van der Waals surface area contributed by atoms with Crippen LogP contribution in [0.25, 0.3) is 0 Å². The van der Waals surface area contributed by atoms with E-state index in [1.165, 1.54) is 5.56 Å². The third-order valence-electron chi connectivity index (χ3n) is 4.69. The van der Waals surface area contributed by atoms with Crippen LogP contribution in [0.5, 0.6) is 11.5 Å². The first-order valence-electron chi connectivity index (χ1n) is 8.84. The predicted molar refractivity (Wildman–Crippen MR) is 108 cm³/mol. The first-order valence-corrected chi connectivity index (χ1v) is 9.25. The molecule has 1 fully saturated rings. The maximum atomic E-state index is 5.58. The zero-order valence-corrected chi connectivity index (χ0v) is 16.1. The van der Waals surface area contributed by atoms with E-state index in [0.29, 0.717) is 0 Å². The number of ether oxygens (including phenoxy) is 2. The molecule has 1 heterocycles. The molecule has 138 valence electrons. The molecular weight excluding hydrogens is 346 g/mol. The van der Waals surface area contributed by atoms with E-state index in [0.717, 1.165) is 55.0 Å². The van der Waals surface area contributed by atoms with Crippen LogP contribution in [0.4, 0.5) is 5.69 Å². The van der Waals surface area contributed by atoms with Gasteiger partial charge in [0.15, 0.2) is 5.11 Å². The van der Waals surface area contributed by atoms with Gasteiger partial charge in [-0.1, -0.05) is 6.07 Å². The van der Waals surface area contributed by atoms with Crippen LogP contribution >= 0.6 is 12.2 Å². The Bertz CT molecular complexity index is 728. The standard InChI is InChI=1S/C20H25N3O2S/c1-24-18-8-6-16(7-9-18)15-22-10-12-23(13-11-22)20(26)21-17-4-3-5-19(14-17)25-2/h3-9,14H,10-13,15H2,1-2H3,(H,21,26)/p+1. The number of methoxy groups -OCH3 is 2. The molecule has 0 aliphatic carbocycles. The Morgan fingerprint density at radius 2 is 1.73 bits per heavy atom. The molecule has 6 heteroatoms. The molecule has 0 saturated carbocycles. The van der Waals surface area contributed by atoms with Crippen molar-refractivity contribution in [2.24, 2.45) is 0 Å². The van der Waals surface area contributed by atoms with E-state index in [1.54, 1.807) is 19.1 Å². The molecule has 26 heavy (non-hydrogen) atoms. The molecule has 0 spiro atoms. The predicted octanol–water partition coefficient (Wildman–Crippen LogP) is 1.80. The number of quaternary nitrogens is 1. The maximum absolute atomic E-state index is 5.58. The summed E-state index contributed by atoms with van der Waals surface area (Å²) in [5.74, 6) is 1.73. The van der Waals surface area contributed by atoms with Crippen LogP contribution in [-0.4, -0.2) is 50.4 Å². The number of hydrogen-bond donors (Lipinski definition) is 2. The van der Waals surface area contributed by atoms with Gasteiger partial charge in [0.1, 0.15) is 18.0 Å². The summed E-state index contributed by atoms with van der Waals surface area (Å²) < 4.78 is 10.5. The smallest absolute Gasteiger partial charge is 0.173 e. The van der Waals surface area contributed by atoms with E-state index in [9.17, 15) is 0 Å². The van der Waals surface area contributed by atoms with Crippen LogP contribution in [0, 0.1) is 0 Å². The quantitative estimate of drug-likeness (QED) is 0.783. The Kier molecular flexibility index (Phi) is 6.30. The minimum Gasteiger partial charge on any atom is -0.497 e. The molecule has 2 aromatic carbocycles. The lowest BCUT2D eigenvalue weighted by atomic mass is 10.2. The van der Waals surface area contributed by atoms with Crippen molar-refractivity contribution in [3.05, 3.63) is 54.1 Å². The Hall–Kier alpha value is -2.31. The third-order valence-corrected chi connectivity index (χ3v) is 5.05. The van der Waals surface area contributed by atoms with Crippen molar-refractivity contribution in [1.82, 2.24) is 4.90 Å². The Labute approximate surface area is 160 Å². The van der Waals surface area contributed by atoms with Crippen LogP contribution < -0.4 is 19.7 Å². The third kappa shape index (κ3) is 4.86. The second-order valence-corrected chi connectivity index (χ2v) is 6.81. The van der Waals surface area contributed by atoms with Crippen LogP contribution in [0.3, 0.4) is 0 Å². The molecule has 2 aromatic rings. The summed E-state index contributed by atoms with van der Waals surface area (Å²) >= 11 is 5.58. The molecule has 2 N–H and O–H groups in total. The molecular formula is C20H26N3O2S+. The lowest BCUT2D eigenvalue weighted by Crippen LogP contribution is -3.13. The molecule has 0 aromatic heterocycles. The molecule has 0 bridgehead atoms. The van der Waals surface area contributed by atoms with Crippen molar-refractivity contribution < 1.29 is 14.4 Å². The molecule has 1 aliphatic rings. The highest BCUT2D eigenvalue weighted by atomic mass is 32.1. The van der Waals surface area contributed by atoms with E-state index >= 15 is 0 Å². The van der Waals surface area contributed by atoms with Crippen molar-refractivity contribution in [3.8, 4) is 11.5 Å². The number of nitrogens with one attached hydrogen (secondary N) is 2. The average molecular weight is 373 g/mol. The van der Waals surface area contributed by atoms with Gasteiger partial charge >= 0.3 is 0 Å². The van der Waals surface area contributed by atoms with Crippen molar-refractivity contribution in [1.29, 1.82) is 0 Å². The summed E-state index contributed by atoms with van der Waals surface area (Å²) in [6.45, 7) is 5.11. The average Bonchev–Trinajstić information content (AvgIpc) is 2.69. The van der Waals surface area contributed by atoms with Gasteiger partial charge in [-0.05, 0) is 48.6 Å². The van der Waals surface area contributed by atoms with Crippen LogP contribution in [0.15, 0.2) is 48.5 Å². The molecule has 1 saturated heterocycles. The van der Waals surface area contributed by atoms with Crippen LogP contribution in [-0.2, 0) is 6.54 Å².